The molecule has 0 aromatic heterocycles. The molecule has 5 nitrogen and oxygen atoms in total. The smallest absolute Gasteiger partial charge is 0.276 e. The van der Waals surface area contributed by atoms with Gasteiger partial charge in [-0.05, 0) is 25.4 Å². The van der Waals surface area contributed by atoms with Crippen LogP contribution >= 0.6 is 0 Å². The Kier molecular flexibility index (Phi) is 7.95. The zero-order valence-corrected chi connectivity index (χ0v) is 10.7. The molecule has 15 heavy (non-hydrogen) atoms. The minimum absolute atomic E-state index is 0.323. The van der Waals surface area contributed by atoms with Crippen molar-refractivity contribution < 1.29 is 8.42 Å². The van der Waals surface area contributed by atoms with Gasteiger partial charge in [0.25, 0.3) is 10.2 Å². The molecule has 0 radical (unpaired) electrons. The van der Waals surface area contributed by atoms with Crippen molar-refractivity contribution in [2.24, 2.45) is 5.92 Å². The first-order valence-electron chi connectivity index (χ1n) is 5.43. The van der Waals surface area contributed by atoms with Crippen molar-refractivity contribution in [2.45, 2.75) is 27.2 Å². The fourth-order valence-corrected chi connectivity index (χ4v) is 1.99. The molecule has 92 valence electrons. The van der Waals surface area contributed by atoms with Gasteiger partial charge < -0.3 is 5.32 Å². The second kappa shape index (κ2) is 8.04. The van der Waals surface area contributed by atoms with E-state index in [-0.39, 0.29) is 0 Å². The summed E-state index contributed by atoms with van der Waals surface area (Å²) in [5.74, 6) is 0.323. The molecule has 0 atom stereocenters. The van der Waals surface area contributed by atoms with Gasteiger partial charge in [0, 0.05) is 13.1 Å². The van der Waals surface area contributed by atoms with Crippen LogP contribution in [0.25, 0.3) is 0 Å². The third-order valence-electron chi connectivity index (χ3n) is 1.75. The first-order chi connectivity index (χ1) is 6.98. The molecule has 0 unspecified atom stereocenters. The molecular weight excluding hydrogens is 214 g/mol. The Hall–Kier alpha value is -0.170. The molecule has 0 aromatic carbocycles. The fraction of sp³-hybridized carbons (Fsp3) is 1.00. The maximum Gasteiger partial charge on any atom is 0.276 e. The van der Waals surface area contributed by atoms with E-state index < -0.39 is 10.2 Å². The number of hydrogen-bond donors (Lipinski definition) is 3. The summed E-state index contributed by atoms with van der Waals surface area (Å²) < 4.78 is 27.6. The minimum atomic E-state index is -3.29. The lowest BCUT2D eigenvalue weighted by atomic mass is 10.2. The number of nitrogens with one attached hydrogen (secondary N) is 3. The van der Waals surface area contributed by atoms with Gasteiger partial charge in [0.2, 0.25) is 0 Å². The minimum Gasteiger partial charge on any atom is -0.317 e. The first-order valence-corrected chi connectivity index (χ1v) is 6.91. The summed E-state index contributed by atoms with van der Waals surface area (Å²) in [6, 6.07) is 0. The lowest BCUT2D eigenvalue weighted by Gasteiger charge is -2.09. The highest BCUT2D eigenvalue weighted by Gasteiger charge is 2.08. The molecule has 0 amide bonds. The van der Waals surface area contributed by atoms with Gasteiger partial charge in [0.15, 0.2) is 0 Å². The molecule has 0 saturated heterocycles. The van der Waals surface area contributed by atoms with Crippen LogP contribution in [0.1, 0.15) is 27.2 Å². The number of hydrogen-bond acceptors (Lipinski definition) is 3. The predicted octanol–water partition coefficient (Wildman–Crippen LogP) is 0.0660. The van der Waals surface area contributed by atoms with Crippen molar-refractivity contribution in [1.29, 1.82) is 0 Å². The Labute approximate surface area is 93.2 Å². The first kappa shape index (κ1) is 14.8. The van der Waals surface area contributed by atoms with Crippen LogP contribution in [-0.2, 0) is 10.2 Å². The summed E-state index contributed by atoms with van der Waals surface area (Å²) in [6.45, 7) is 8.65. The zero-order chi connectivity index (χ0) is 11.7. The lowest BCUT2D eigenvalue weighted by molar-refractivity contribution is 0.543. The monoisotopic (exact) mass is 237 g/mol. The average molecular weight is 237 g/mol. The fourth-order valence-electron chi connectivity index (χ4n) is 0.924. The molecule has 0 saturated carbocycles. The molecule has 0 rings (SSSR count). The summed E-state index contributed by atoms with van der Waals surface area (Å²) in [5.41, 5.74) is 0. The molecule has 0 bridgehead atoms. The van der Waals surface area contributed by atoms with E-state index in [0.717, 1.165) is 19.5 Å². The van der Waals surface area contributed by atoms with E-state index >= 15 is 0 Å². The van der Waals surface area contributed by atoms with Crippen molar-refractivity contribution in [2.75, 3.05) is 26.2 Å². The second-order valence-corrected chi connectivity index (χ2v) is 5.43. The van der Waals surface area contributed by atoms with Crippen molar-refractivity contribution in [1.82, 2.24) is 14.8 Å². The van der Waals surface area contributed by atoms with Crippen LogP contribution in [0.15, 0.2) is 0 Å². The Morgan fingerprint density at radius 2 is 1.80 bits per heavy atom. The van der Waals surface area contributed by atoms with Gasteiger partial charge >= 0.3 is 0 Å². The van der Waals surface area contributed by atoms with Gasteiger partial charge in [-0.3, -0.25) is 0 Å². The van der Waals surface area contributed by atoms with E-state index in [2.05, 4.69) is 14.8 Å². The summed E-state index contributed by atoms with van der Waals surface area (Å²) >= 11 is 0. The molecule has 0 heterocycles. The Bertz CT molecular complexity index is 240. The van der Waals surface area contributed by atoms with Crippen LogP contribution < -0.4 is 14.8 Å². The van der Waals surface area contributed by atoms with Crippen molar-refractivity contribution >= 4 is 10.2 Å². The van der Waals surface area contributed by atoms with E-state index in [9.17, 15) is 8.42 Å². The van der Waals surface area contributed by atoms with Gasteiger partial charge in [0.1, 0.15) is 0 Å². The number of rotatable bonds is 9. The SMILES string of the molecule is CCNCCCNS(=O)(=O)NCC(C)C. The van der Waals surface area contributed by atoms with Crippen LogP contribution in [0.3, 0.4) is 0 Å². The van der Waals surface area contributed by atoms with Crippen LogP contribution in [0.5, 0.6) is 0 Å². The third kappa shape index (κ3) is 10.1. The molecular formula is C9H23N3O2S. The van der Waals surface area contributed by atoms with E-state index in [4.69, 9.17) is 0 Å². The molecule has 0 aromatic rings. The summed E-state index contributed by atoms with van der Waals surface area (Å²) in [4.78, 5) is 0. The highest BCUT2D eigenvalue weighted by molar-refractivity contribution is 7.87. The molecule has 3 N–H and O–H groups in total. The maximum atomic E-state index is 11.3. The highest BCUT2D eigenvalue weighted by Crippen LogP contribution is 1.89. The highest BCUT2D eigenvalue weighted by atomic mass is 32.2. The molecule has 0 aliphatic rings. The predicted molar refractivity (Wildman–Crippen MR) is 62.9 cm³/mol. The summed E-state index contributed by atoms with van der Waals surface area (Å²) in [7, 11) is -3.29. The quantitative estimate of drug-likeness (QED) is 0.497. The van der Waals surface area contributed by atoms with Crippen molar-refractivity contribution in [3.05, 3.63) is 0 Å². The Morgan fingerprint density at radius 1 is 1.13 bits per heavy atom. The molecule has 0 spiro atoms. The van der Waals surface area contributed by atoms with Crippen LogP contribution in [-0.4, -0.2) is 34.6 Å². The summed E-state index contributed by atoms with van der Waals surface area (Å²) in [5, 5.41) is 3.13. The van der Waals surface area contributed by atoms with Crippen LogP contribution in [0.4, 0.5) is 0 Å². The van der Waals surface area contributed by atoms with E-state index in [1.807, 2.05) is 20.8 Å². The summed E-state index contributed by atoms with van der Waals surface area (Å²) in [6.07, 6.45) is 0.802. The molecule has 6 heteroatoms. The van der Waals surface area contributed by atoms with Crippen molar-refractivity contribution in [3.8, 4) is 0 Å². The van der Waals surface area contributed by atoms with E-state index in [1.54, 1.807) is 0 Å². The lowest BCUT2D eigenvalue weighted by Crippen LogP contribution is -2.39. The van der Waals surface area contributed by atoms with E-state index in [1.165, 1.54) is 0 Å². The topological polar surface area (TPSA) is 70.2 Å². The standard InChI is InChI=1S/C9H23N3O2S/c1-4-10-6-5-7-11-15(13,14)12-8-9(2)3/h9-12H,4-8H2,1-3H3. The normalized spacial score (nSPS) is 12.3. The van der Waals surface area contributed by atoms with E-state index in [0.29, 0.717) is 19.0 Å². The van der Waals surface area contributed by atoms with Crippen molar-refractivity contribution in [3.63, 3.8) is 0 Å². The van der Waals surface area contributed by atoms with Gasteiger partial charge in [-0.15, -0.1) is 0 Å². The average Bonchev–Trinajstić information content (AvgIpc) is 2.15. The van der Waals surface area contributed by atoms with Gasteiger partial charge in [0.05, 0.1) is 0 Å². The third-order valence-corrected chi connectivity index (χ3v) is 2.88. The Morgan fingerprint density at radius 3 is 2.33 bits per heavy atom. The van der Waals surface area contributed by atoms with Gasteiger partial charge in [-0.25, -0.2) is 9.44 Å². The van der Waals surface area contributed by atoms with Gasteiger partial charge in [-0.1, -0.05) is 20.8 Å². The van der Waals surface area contributed by atoms with Crippen LogP contribution in [0, 0.1) is 5.92 Å². The maximum absolute atomic E-state index is 11.3. The van der Waals surface area contributed by atoms with Crippen LogP contribution in [0.2, 0.25) is 0 Å². The molecule has 0 aliphatic heterocycles. The molecule has 0 aliphatic carbocycles. The zero-order valence-electron chi connectivity index (χ0n) is 9.84. The Balaban J connectivity index is 3.56. The second-order valence-electron chi connectivity index (χ2n) is 3.85. The van der Waals surface area contributed by atoms with Gasteiger partial charge in [-0.2, -0.15) is 8.42 Å². The largest absolute Gasteiger partial charge is 0.317 e. The molecule has 0 fully saturated rings.